The van der Waals surface area contributed by atoms with Crippen LogP contribution in [-0.4, -0.2) is 60.6 Å². The summed E-state index contributed by atoms with van der Waals surface area (Å²) in [6.45, 7) is 5.59. The fourth-order valence-corrected chi connectivity index (χ4v) is 2.67. The Labute approximate surface area is 104 Å². The lowest BCUT2D eigenvalue weighted by molar-refractivity contribution is 0.122. The normalized spacial score (nSPS) is 28.9. The highest BCUT2D eigenvalue weighted by Crippen LogP contribution is 2.27. The van der Waals surface area contributed by atoms with Gasteiger partial charge in [-0.3, -0.25) is 15.1 Å². The lowest BCUT2D eigenvalue weighted by Gasteiger charge is -2.35. The monoisotopic (exact) mass is 234 g/mol. The van der Waals surface area contributed by atoms with E-state index < -0.39 is 0 Å². The molecule has 1 atom stereocenters. The van der Waals surface area contributed by atoms with Crippen LogP contribution in [-0.2, 0) is 0 Å². The maximum atomic E-state index is 9.13. The number of hydrogen-bond donors (Lipinski definition) is 1. The third kappa shape index (κ3) is 3.19. The number of nitriles is 1. The second-order valence-electron chi connectivity index (χ2n) is 5.69. The third-order valence-corrected chi connectivity index (χ3v) is 4.08. The van der Waals surface area contributed by atoms with E-state index in [4.69, 9.17) is 5.26 Å². The van der Waals surface area contributed by atoms with Crippen molar-refractivity contribution in [1.29, 1.82) is 5.26 Å². The van der Waals surface area contributed by atoms with Crippen LogP contribution in [0, 0.1) is 11.3 Å². The van der Waals surface area contributed by atoms with E-state index in [-0.39, 0.29) is 6.04 Å². The molecule has 0 bridgehead atoms. The van der Waals surface area contributed by atoms with Crippen molar-refractivity contribution in [3.8, 4) is 6.07 Å². The molecule has 2 aliphatic carbocycles. The summed E-state index contributed by atoms with van der Waals surface area (Å²) in [7, 11) is 0. The summed E-state index contributed by atoms with van der Waals surface area (Å²) in [5, 5.41) is 12.6. The molecule has 1 saturated heterocycles. The van der Waals surface area contributed by atoms with Crippen molar-refractivity contribution < 1.29 is 0 Å². The molecule has 1 unspecified atom stereocenters. The highest BCUT2D eigenvalue weighted by atomic mass is 15.3. The topological polar surface area (TPSA) is 42.3 Å². The first-order valence-electron chi connectivity index (χ1n) is 6.97. The Kier molecular flexibility index (Phi) is 3.32. The van der Waals surface area contributed by atoms with Crippen LogP contribution < -0.4 is 5.32 Å². The summed E-state index contributed by atoms with van der Waals surface area (Å²) in [6.07, 6.45) is 5.33. The Hall–Kier alpha value is -0.630. The maximum Gasteiger partial charge on any atom is 0.108 e. The van der Waals surface area contributed by atoms with Crippen LogP contribution in [0.1, 0.15) is 25.7 Å². The molecule has 0 amide bonds. The van der Waals surface area contributed by atoms with Crippen molar-refractivity contribution in [2.24, 2.45) is 0 Å². The first kappa shape index (κ1) is 11.5. The minimum atomic E-state index is 0.0370. The molecule has 4 heteroatoms. The first-order valence-corrected chi connectivity index (χ1v) is 6.97. The van der Waals surface area contributed by atoms with Crippen molar-refractivity contribution in [3.63, 3.8) is 0 Å². The number of nitrogens with zero attached hydrogens (tertiary/aromatic N) is 3. The predicted molar refractivity (Wildman–Crippen MR) is 66.6 cm³/mol. The Balaban J connectivity index is 1.40. The zero-order valence-electron chi connectivity index (χ0n) is 10.4. The van der Waals surface area contributed by atoms with E-state index in [1.165, 1.54) is 38.8 Å². The van der Waals surface area contributed by atoms with Crippen molar-refractivity contribution >= 4 is 0 Å². The van der Waals surface area contributed by atoms with Crippen molar-refractivity contribution in [1.82, 2.24) is 15.1 Å². The fraction of sp³-hybridized carbons (Fsp3) is 0.923. The molecule has 1 N–H and O–H groups in total. The summed E-state index contributed by atoms with van der Waals surface area (Å²) >= 11 is 0. The minimum absolute atomic E-state index is 0.0370. The zero-order valence-corrected chi connectivity index (χ0v) is 10.4. The van der Waals surface area contributed by atoms with Gasteiger partial charge in [0.1, 0.15) is 6.04 Å². The Morgan fingerprint density at radius 2 is 1.82 bits per heavy atom. The van der Waals surface area contributed by atoms with Gasteiger partial charge in [-0.25, -0.2) is 0 Å². The summed E-state index contributed by atoms with van der Waals surface area (Å²) < 4.78 is 0. The Bertz CT molecular complexity index is 295. The average Bonchev–Trinajstić information content (AvgIpc) is 3.22. The van der Waals surface area contributed by atoms with Gasteiger partial charge in [0, 0.05) is 44.8 Å². The number of hydrogen-bond acceptors (Lipinski definition) is 4. The Morgan fingerprint density at radius 3 is 2.35 bits per heavy atom. The van der Waals surface area contributed by atoms with Crippen molar-refractivity contribution in [3.05, 3.63) is 0 Å². The lowest BCUT2D eigenvalue weighted by atomic mass is 10.2. The molecule has 4 nitrogen and oxygen atoms in total. The molecule has 0 spiro atoms. The van der Waals surface area contributed by atoms with Crippen LogP contribution in [0.25, 0.3) is 0 Å². The van der Waals surface area contributed by atoms with Crippen LogP contribution in [0.15, 0.2) is 0 Å². The van der Waals surface area contributed by atoms with Gasteiger partial charge in [-0.2, -0.15) is 5.26 Å². The van der Waals surface area contributed by atoms with Gasteiger partial charge < -0.3 is 0 Å². The van der Waals surface area contributed by atoms with Gasteiger partial charge in [-0.15, -0.1) is 0 Å². The quantitative estimate of drug-likeness (QED) is 0.748. The third-order valence-electron chi connectivity index (χ3n) is 4.08. The molecular weight excluding hydrogens is 212 g/mol. The molecule has 0 aromatic carbocycles. The second-order valence-corrected chi connectivity index (χ2v) is 5.69. The largest absolute Gasteiger partial charge is 0.298 e. The van der Waals surface area contributed by atoms with Gasteiger partial charge in [0.05, 0.1) is 6.07 Å². The average molecular weight is 234 g/mol. The summed E-state index contributed by atoms with van der Waals surface area (Å²) in [6, 6.07) is 3.97. The first-order chi connectivity index (χ1) is 8.35. The van der Waals surface area contributed by atoms with Gasteiger partial charge in [0.25, 0.3) is 0 Å². The van der Waals surface area contributed by atoms with Gasteiger partial charge in [-0.05, 0) is 25.7 Å². The molecule has 94 valence electrons. The molecule has 1 heterocycles. The second kappa shape index (κ2) is 4.93. The van der Waals surface area contributed by atoms with Gasteiger partial charge in [-0.1, -0.05) is 0 Å². The molecule has 0 aromatic rings. The van der Waals surface area contributed by atoms with Gasteiger partial charge >= 0.3 is 0 Å². The molecule has 1 aliphatic heterocycles. The zero-order chi connectivity index (χ0) is 11.7. The predicted octanol–water partition coefficient (Wildman–Crippen LogP) is 0.411. The molecule has 3 aliphatic rings. The summed E-state index contributed by atoms with van der Waals surface area (Å²) in [5.41, 5.74) is 0. The van der Waals surface area contributed by atoms with Crippen LogP contribution in [0.4, 0.5) is 0 Å². The molecular formula is C13H22N4. The number of piperazine rings is 1. The van der Waals surface area contributed by atoms with Gasteiger partial charge in [0.2, 0.25) is 0 Å². The summed E-state index contributed by atoms with van der Waals surface area (Å²) in [4.78, 5) is 5.06. The van der Waals surface area contributed by atoms with Crippen LogP contribution >= 0.6 is 0 Å². The molecule has 0 radical (unpaired) electrons. The van der Waals surface area contributed by atoms with Crippen LogP contribution in [0.3, 0.4) is 0 Å². The van der Waals surface area contributed by atoms with Crippen molar-refractivity contribution in [2.45, 2.75) is 43.8 Å². The minimum Gasteiger partial charge on any atom is -0.298 e. The van der Waals surface area contributed by atoms with E-state index in [0.717, 1.165) is 25.7 Å². The fourth-order valence-electron chi connectivity index (χ4n) is 2.67. The standard InChI is InChI=1S/C13H22N4/c14-9-12(15-11-1-2-11)10-16-5-7-17(8-6-16)13-3-4-13/h11-13,15H,1-8,10H2. The smallest absolute Gasteiger partial charge is 0.108 e. The molecule has 3 fully saturated rings. The number of rotatable bonds is 5. The summed E-state index contributed by atoms with van der Waals surface area (Å²) in [5.74, 6) is 0. The molecule has 17 heavy (non-hydrogen) atoms. The number of nitrogens with one attached hydrogen (secondary N) is 1. The maximum absolute atomic E-state index is 9.13. The van der Waals surface area contributed by atoms with E-state index in [1.807, 2.05) is 0 Å². The van der Waals surface area contributed by atoms with Crippen LogP contribution in [0.5, 0.6) is 0 Å². The van der Waals surface area contributed by atoms with E-state index >= 15 is 0 Å². The van der Waals surface area contributed by atoms with E-state index in [0.29, 0.717) is 6.04 Å². The van der Waals surface area contributed by atoms with E-state index in [1.54, 1.807) is 0 Å². The highest BCUT2D eigenvalue weighted by molar-refractivity contribution is 4.98. The molecule has 2 saturated carbocycles. The van der Waals surface area contributed by atoms with E-state index in [2.05, 4.69) is 21.2 Å². The molecule has 0 aromatic heterocycles. The van der Waals surface area contributed by atoms with Crippen molar-refractivity contribution in [2.75, 3.05) is 32.7 Å². The van der Waals surface area contributed by atoms with E-state index in [9.17, 15) is 0 Å². The lowest BCUT2D eigenvalue weighted by Crippen LogP contribution is -2.51. The SMILES string of the molecule is N#CC(CN1CCN(C2CC2)CC1)NC1CC1. The molecule has 3 rings (SSSR count). The van der Waals surface area contributed by atoms with Crippen LogP contribution in [0.2, 0.25) is 0 Å². The Morgan fingerprint density at radius 1 is 1.12 bits per heavy atom. The van der Waals surface area contributed by atoms with Gasteiger partial charge in [0.15, 0.2) is 0 Å². The highest BCUT2D eigenvalue weighted by Gasteiger charge is 2.32.